The summed E-state index contributed by atoms with van der Waals surface area (Å²) in [6.45, 7) is 2.47. The Bertz CT molecular complexity index is 2050. The van der Waals surface area contributed by atoms with Gasteiger partial charge in [0, 0.05) is 18.7 Å². The number of hydrogen-bond acceptors (Lipinski definition) is 9. The van der Waals surface area contributed by atoms with Crippen LogP contribution in [0.1, 0.15) is 18.4 Å². The molecule has 12 nitrogen and oxygen atoms in total. The van der Waals surface area contributed by atoms with Crippen LogP contribution < -0.4 is 4.72 Å². The third-order valence-electron chi connectivity index (χ3n) is 7.11. The molecule has 2 aromatic heterocycles. The fraction of sp³-hybridized carbons (Fsp3) is 0.214. The van der Waals surface area contributed by atoms with Crippen LogP contribution >= 0.6 is 0 Å². The van der Waals surface area contributed by atoms with Gasteiger partial charge < -0.3 is 9.30 Å². The van der Waals surface area contributed by atoms with E-state index < -0.39 is 24.8 Å². The van der Waals surface area contributed by atoms with Gasteiger partial charge in [0.05, 0.1) is 38.4 Å². The predicted octanol–water partition coefficient (Wildman–Crippen LogP) is 4.61. The summed E-state index contributed by atoms with van der Waals surface area (Å²) in [5.74, 6) is -0.241. The number of anilines is 1. The molecular weight excluding hydrogens is 582 g/mol. The van der Waals surface area contributed by atoms with Crippen molar-refractivity contribution in [1.82, 2.24) is 14.5 Å². The molecule has 5 aromatic rings. The van der Waals surface area contributed by atoms with E-state index in [9.17, 15) is 26.9 Å². The minimum Gasteiger partial charge on any atom is -0.376 e. The lowest BCUT2D eigenvalue weighted by molar-refractivity contribution is -0.384. The predicted molar refractivity (Wildman–Crippen MR) is 155 cm³/mol. The van der Waals surface area contributed by atoms with Crippen molar-refractivity contribution in [1.29, 1.82) is 0 Å². The van der Waals surface area contributed by atoms with Crippen molar-refractivity contribution in [3.63, 3.8) is 0 Å². The normalized spacial score (nSPS) is 15.8. The van der Waals surface area contributed by atoms with Crippen LogP contribution in [0.3, 0.4) is 0 Å². The molecule has 0 spiro atoms. The third kappa shape index (κ3) is 4.97. The monoisotopic (exact) mass is 607 g/mol. The lowest BCUT2D eigenvalue weighted by atomic mass is 10.2. The molecule has 1 N–H and O–H groups in total. The lowest BCUT2D eigenvalue weighted by Gasteiger charge is -2.17. The first-order valence-electron chi connectivity index (χ1n) is 13.0. The van der Waals surface area contributed by atoms with Gasteiger partial charge in [-0.05, 0) is 56.2 Å². The number of fused-ring (bicyclic) bond motifs is 2. The molecule has 216 valence electrons. The van der Waals surface area contributed by atoms with E-state index in [-0.39, 0.29) is 50.0 Å². The summed E-state index contributed by atoms with van der Waals surface area (Å²) >= 11 is 0. The molecular formula is C28H25N5O7S2. The van der Waals surface area contributed by atoms with Gasteiger partial charge in [0.2, 0.25) is 9.84 Å². The van der Waals surface area contributed by atoms with Gasteiger partial charge in [-0.25, -0.2) is 26.8 Å². The highest BCUT2D eigenvalue weighted by atomic mass is 32.2. The standard InChI is InChI=1S/C28H25N5O7S2/c1-18-8-12-21(13-9-18)41(36,37)26-25-27(30-24-7-3-2-6-23(24)29-25)32(17-20-5-4-16-40-20)28(26)31-42(38,39)22-14-10-19(11-15-22)33(34)35/h2-3,6-15,20,31H,4-5,16-17H2,1H3. The van der Waals surface area contributed by atoms with Crippen molar-refractivity contribution in [2.24, 2.45) is 0 Å². The zero-order valence-electron chi connectivity index (χ0n) is 22.3. The largest absolute Gasteiger partial charge is 0.376 e. The van der Waals surface area contributed by atoms with Gasteiger partial charge in [0.15, 0.2) is 5.65 Å². The van der Waals surface area contributed by atoms with E-state index in [4.69, 9.17) is 9.72 Å². The minimum absolute atomic E-state index is 0.00803. The molecule has 0 aliphatic carbocycles. The fourth-order valence-electron chi connectivity index (χ4n) is 4.97. The van der Waals surface area contributed by atoms with Crippen LogP contribution in [-0.2, 0) is 31.1 Å². The first-order chi connectivity index (χ1) is 20.0. The topological polar surface area (TPSA) is 163 Å². The number of rotatable bonds is 8. The van der Waals surface area contributed by atoms with E-state index in [1.807, 2.05) is 6.92 Å². The molecule has 3 heterocycles. The van der Waals surface area contributed by atoms with Crippen LogP contribution in [0.5, 0.6) is 0 Å². The molecule has 0 bridgehead atoms. The van der Waals surface area contributed by atoms with E-state index >= 15 is 0 Å². The van der Waals surface area contributed by atoms with Crippen molar-refractivity contribution >= 4 is 53.6 Å². The third-order valence-corrected chi connectivity index (χ3v) is 10.3. The van der Waals surface area contributed by atoms with Crippen molar-refractivity contribution in [2.45, 2.75) is 47.1 Å². The number of nitro benzene ring substituents is 1. The number of sulfonamides is 1. The van der Waals surface area contributed by atoms with Crippen LogP contribution in [-0.4, -0.2) is 49.0 Å². The van der Waals surface area contributed by atoms with E-state index in [0.29, 0.717) is 24.1 Å². The second-order valence-corrected chi connectivity index (χ2v) is 13.5. The van der Waals surface area contributed by atoms with Gasteiger partial charge in [-0.15, -0.1) is 0 Å². The maximum Gasteiger partial charge on any atom is 0.269 e. The number of para-hydroxylation sites is 2. The highest BCUT2D eigenvalue weighted by molar-refractivity contribution is 7.93. The molecule has 0 saturated carbocycles. The Morgan fingerprint density at radius 3 is 2.21 bits per heavy atom. The molecule has 6 rings (SSSR count). The number of hydrogen-bond donors (Lipinski definition) is 1. The van der Waals surface area contributed by atoms with Crippen molar-refractivity contribution in [3.8, 4) is 0 Å². The number of nitrogens with one attached hydrogen (secondary N) is 1. The second-order valence-electron chi connectivity index (χ2n) is 9.98. The molecule has 42 heavy (non-hydrogen) atoms. The molecule has 1 saturated heterocycles. The van der Waals surface area contributed by atoms with E-state index in [1.165, 1.54) is 16.7 Å². The number of ether oxygens (including phenoxy) is 1. The molecule has 1 unspecified atom stereocenters. The zero-order chi connectivity index (χ0) is 29.6. The number of nitrogens with zero attached hydrogens (tertiary/aromatic N) is 4. The van der Waals surface area contributed by atoms with Crippen LogP contribution in [0, 0.1) is 17.0 Å². The number of nitro groups is 1. The van der Waals surface area contributed by atoms with Crippen molar-refractivity contribution in [3.05, 3.63) is 88.5 Å². The smallest absolute Gasteiger partial charge is 0.269 e. The Morgan fingerprint density at radius 2 is 1.60 bits per heavy atom. The van der Waals surface area contributed by atoms with Crippen LogP contribution in [0.4, 0.5) is 11.5 Å². The summed E-state index contributed by atoms with van der Waals surface area (Å²) in [4.78, 5) is 19.2. The molecule has 3 aromatic carbocycles. The summed E-state index contributed by atoms with van der Waals surface area (Å²) in [7, 11) is -8.78. The molecule has 0 radical (unpaired) electrons. The SMILES string of the molecule is Cc1ccc(S(=O)(=O)c2c(NS(=O)(=O)c3ccc([N+](=O)[O-])cc3)n(CC3CCCO3)c3nc4ccccc4nc23)cc1. The number of sulfone groups is 1. The summed E-state index contributed by atoms with van der Waals surface area (Å²) in [5.41, 5.74) is 1.68. The first kappa shape index (κ1) is 27.8. The number of aryl methyl sites for hydroxylation is 1. The Balaban J connectivity index is 1.63. The second kappa shape index (κ2) is 10.5. The van der Waals surface area contributed by atoms with Crippen LogP contribution in [0.25, 0.3) is 22.2 Å². The summed E-state index contributed by atoms with van der Waals surface area (Å²) in [6.07, 6.45) is 1.18. The molecule has 1 aliphatic heterocycles. The van der Waals surface area contributed by atoms with Gasteiger partial charge >= 0.3 is 0 Å². The van der Waals surface area contributed by atoms with E-state index in [1.54, 1.807) is 36.4 Å². The van der Waals surface area contributed by atoms with Gasteiger partial charge in [-0.1, -0.05) is 29.8 Å². The highest BCUT2D eigenvalue weighted by Gasteiger charge is 2.35. The quantitative estimate of drug-likeness (QED) is 0.196. The Kier molecular flexibility index (Phi) is 6.91. The van der Waals surface area contributed by atoms with Gasteiger partial charge in [0.1, 0.15) is 16.2 Å². The molecule has 0 amide bonds. The summed E-state index contributed by atoms with van der Waals surface area (Å²) in [5, 5.41) is 11.1. The lowest BCUT2D eigenvalue weighted by Crippen LogP contribution is -2.21. The first-order valence-corrected chi connectivity index (χ1v) is 16.0. The van der Waals surface area contributed by atoms with E-state index in [0.717, 1.165) is 36.2 Å². The maximum absolute atomic E-state index is 14.3. The molecule has 14 heteroatoms. The Labute approximate surface area is 241 Å². The summed E-state index contributed by atoms with van der Waals surface area (Å²) in [6, 6.07) is 17.5. The van der Waals surface area contributed by atoms with Gasteiger partial charge in [-0.3, -0.25) is 14.8 Å². The van der Waals surface area contributed by atoms with Crippen molar-refractivity contribution < 1.29 is 26.5 Å². The Morgan fingerprint density at radius 1 is 0.952 bits per heavy atom. The summed E-state index contributed by atoms with van der Waals surface area (Å²) < 4.78 is 65.7. The highest BCUT2D eigenvalue weighted by Crippen LogP contribution is 2.39. The number of benzene rings is 3. The molecule has 1 aliphatic rings. The number of aromatic nitrogens is 3. The van der Waals surface area contributed by atoms with Gasteiger partial charge in [-0.2, -0.15) is 0 Å². The van der Waals surface area contributed by atoms with Crippen molar-refractivity contribution in [2.75, 3.05) is 11.3 Å². The average molecular weight is 608 g/mol. The maximum atomic E-state index is 14.3. The minimum atomic E-state index is -4.43. The van der Waals surface area contributed by atoms with Crippen LogP contribution in [0.2, 0.25) is 0 Å². The Hall–Kier alpha value is -4.40. The van der Waals surface area contributed by atoms with E-state index in [2.05, 4.69) is 9.71 Å². The zero-order valence-corrected chi connectivity index (χ0v) is 23.9. The molecule has 1 fully saturated rings. The number of non-ortho nitro benzene ring substituents is 1. The average Bonchev–Trinajstić information content (AvgIpc) is 3.58. The fourth-order valence-corrected chi connectivity index (χ4v) is 7.65. The van der Waals surface area contributed by atoms with Gasteiger partial charge in [0.25, 0.3) is 15.7 Å². The molecule has 1 atom stereocenters. The van der Waals surface area contributed by atoms with Crippen LogP contribution in [0.15, 0.2) is 87.5 Å².